The SMILES string of the molecule is C[S+](c1ccccc1)c1ccc2c(c1)CCCC2CNC(=O)OC(C)(C)C. The van der Waals surface area contributed by atoms with Gasteiger partial charge in [-0.15, -0.1) is 0 Å². The minimum Gasteiger partial charge on any atom is -0.444 e. The van der Waals surface area contributed by atoms with Crippen molar-refractivity contribution in [2.24, 2.45) is 0 Å². The van der Waals surface area contributed by atoms with Gasteiger partial charge in [0.2, 0.25) is 0 Å². The third kappa shape index (κ3) is 5.29. The first kappa shape index (κ1) is 19.8. The van der Waals surface area contributed by atoms with Crippen LogP contribution in [-0.2, 0) is 22.1 Å². The number of benzene rings is 2. The number of rotatable bonds is 4. The Morgan fingerprint density at radius 1 is 1.15 bits per heavy atom. The maximum atomic E-state index is 12.0. The number of carbonyl (C=O) groups is 1. The summed E-state index contributed by atoms with van der Waals surface area (Å²) in [6, 6.07) is 17.6. The number of aryl methyl sites for hydroxylation is 1. The number of ether oxygens (including phenoxy) is 1. The summed E-state index contributed by atoms with van der Waals surface area (Å²) in [6.45, 7) is 6.30. The van der Waals surface area contributed by atoms with Crippen LogP contribution in [0.25, 0.3) is 0 Å². The Balaban J connectivity index is 1.70. The molecule has 144 valence electrons. The lowest BCUT2D eigenvalue weighted by molar-refractivity contribution is 0.0523. The molecule has 2 unspecified atom stereocenters. The molecule has 0 saturated heterocycles. The molecule has 1 aliphatic carbocycles. The molecular formula is C23H30NO2S+. The van der Waals surface area contributed by atoms with Crippen molar-refractivity contribution in [3.8, 4) is 0 Å². The first-order chi connectivity index (χ1) is 12.8. The maximum Gasteiger partial charge on any atom is 0.407 e. The van der Waals surface area contributed by atoms with Crippen molar-refractivity contribution >= 4 is 17.0 Å². The predicted molar refractivity (Wildman–Crippen MR) is 113 cm³/mol. The summed E-state index contributed by atoms with van der Waals surface area (Å²) in [7, 11) is 0.0817. The van der Waals surface area contributed by atoms with Crippen molar-refractivity contribution < 1.29 is 9.53 Å². The molecule has 0 saturated carbocycles. The van der Waals surface area contributed by atoms with Gasteiger partial charge in [0.25, 0.3) is 0 Å². The van der Waals surface area contributed by atoms with Gasteiger partial charge >= 0.3 is 6.09 Å². The maximum absolute atomic E-state index is 12.0. The summed E-state index contributed by atoms with van der Waals surface area (Å²) < 4.78 is 5.37. The standard InChI is InChI=1S/C23H29NO2S/c1-23(2,3)26-22(25)24-16-18-10-8-9-17-15-20(13-14-21(17)18)27(4)19-11-6-5-7-12-19/h5-7,11-15,18H,8-10,16H2,1-4H3/p+1. The molecule has 3 nitrogen and oxygen atoms in total. The van der Waals surface area contributed by atoms with Crippen molar-refractivity contribution in [2.75, 3.05) is 12.8 Å². The number of nitrogens with one attached hydrogen (secondary N) is 1. The van der Waals surface area contributed by atoms with Crippen molar-refractivity contribution in [1.82, 2.24) is 5.32 Å². The lowest BCUT2D eigenvalue weighted by Crippen LogP contribution is -2.35. The molecule has 0 aromatic heterocycles. The molecule has 0 fully saturated rings. The summed E-state index contributed by atoms with van der Waals surface area (Å²) >= 11 is 0. The molecule has 0 bridgehead atoms. The van der Waals surface area contributed by atoms with E-state index in [1.54, 1.807) is 0 Å². The average molecular weight is 385 g/mol. The zero-order valence-corrected chi connectivity index (χ0v) is 17.6. The van der Waals surface area contributed by atoms with E-state index in [0.717, 1.165) is 12.8 Å². The molecule has 2 aromatic carbocycles. The van der Waals surface area contributed by atoms with Crippen molar-refractivity contribution in [3.05, 3.63) is 59.7 Å². The van der Waals surface area contributed by atoms with E-state index in [-0.39, 0.29) is 17.0 Å². The fourth-order valence-electron chi connectivity index (χ4n) is 3.58. The Labute approximate surface area is 165 Å². The number of alkyl carbamates (subject to hydrolysis) is 1. The highest BCUT2D eigenvalue weighted by Crippen LogP contribution is 2.34. The fraction of sp³-hybridized carbons (Fsp3) is 0.435. The van der Waals surface area contributed by atoms with Crippen LogP contribution in [0, 0.1) is 0 Å². The fourth-order valence-corrected chi connectivity index (χ4v) is 5.00. The summed E-state index contributed by atoms with van der Waals surface area (Å²) in [5.74, 6) is 0.366. The minimum absolute atomic E-state index is 0.0817. The van der Waals surface area contributed by atoms with Gasteiger partial charge in [-0.05, 0) is 75.4 Å². The van der Waals surface area contributed by atoms with E-state index >= 15 is 0 Å². The molecule has 0 spiro atoms. The average Bonchev–Trinajstić information content (AvgIpc) is 2.64. The summed E-state index contributed by atoms with van der Waals surface area (Å²) in [6.07, 6.45) is 5.36. The Hall–Kier alpha value is -1.94. The number of hydrogen-bond acceptors (Lipinski definition) is 2. The molecule has 27 heavy (non-hydrogen) atoms. The predicted octanol–water partition coefficient (Wildman–Crippen LogP) is 5.30. The summed E-state index contributed by atoms with van der Waals surface area (Å²) in [5.41, 5.74) is 2.36. The number of hydrogen-bond donors (Lipinski definition) is 1. The van der Waals surface area contributed by atoms with E-state index in [0.29, 0.717) is 12.5 Å². The second-order valence-corrected chi connectivity index (χ2v) is 10.1. The summed E-state index contributed by atoms with van der Waals surface area (Å²) in [4.78, 5) is 14.7. The molecule has 1 aliphatic rings. The molecule has 4 heteroatoms. The number of amides is 1. The molecule has 1 N–H and O–H groups in total. The number of fused-ring (bicyclic) bond motifs is 1. The molecular weight excluding hydrogens is 354 g/mol. The third-order valence-corrected chi connectivity index (χ3v) is 6.84. The van der Waals surface area contributed by atoms with Crippen LogP contribution in [0.1, 0.15) is 50.7 Å². The first-order valence-electron chi connectivity index (χ1n) is 9.64. The molecule has 0 heterocycles. The van der Waals surface area contributed by atoms with E-state index < -0.39 is 5.60 Å². The Morgan fingerprint density at radius 3 is 2.59 bits per heavy atom. The van der Waals surface area contributed by atoms with Gasteiger partial charge in [0, 0.05) is 12.5 Å². The third-order valence-electron chi connectivity index (χ3n) is 4.89. The van der Waals surface area contributed by atoms with Crippen LogP contribution < -0.4 is 5.32 Å². The van der Waals surface area contributed by atoms with E-state index in [1.807, 2.05) is 20.8 Å². The van der Waals surface area contributed by atoms with Gasteiger partial charge in [-0.1, -0.05) is 24.3 Å². The second-order valence-electron chi connectivity index (χ2n) is 8.16. The molecule has 0 aliphatic heterocycles. The van der Waals surface area contributed by atoms with E-state index in [1.165, 1.54) is 27.3 Å². The topological polar surface area (TPSA) is 38.3 Å². The van der Waals surface area contributed by atoms with Gasteiger partial charge in [0.1, 0.15) is 11.9 Å². The van der Waals surface area contributed by atoms with E-state index in [2.05, 4.69) is 60.1 Å². The highest BCUT2D eigenvalue weighted by Gasteiger charge is 2.26. The lowest BCUT2D eigenvalue weighted by atomic mass is 9.83. The highest BCUT2D eigenvalue weighted by molar-refractivity contribution is 7.96. The molecule has 1 amide bonds. The van der Waals surface area contributed by atoms with Crippen LogP contribution in [0.15, 0.2) is 58.3 Å². The van der Waals surface area contributed by atoms with Gasteiger partial charge in [0.15, 0.2) is 9.79 Å². The van der Waals surface area contributed by atoms with Gasteiger partial charge in [-0.25, -0.2) is 4.79 Å². The highest BCUT2D eigenvalue weighted by atomic mass is 32.2. The Morgan fingerprint density at radius 2 is 1.89 bits per heavy atom. The quantitative estimate of drug-likeness (QED) is 0.727. The normalized spacial score (nSPS) is 17.7. The van der Waals surface area contributed by atoms with Crippen LogP contribution in [0.3, 0.4) is 0 Å². The van der Waals surface area contributed by atoms with Crippen molar-refractivity contribution in [1.29, 1.82) is 0 Å². The van der Waals surface area contributed by atoms with Crippen molar-refractivity contribution in [2.45, 2.75) is 61.3 Å². The van der Waals surface area contributed by atoms with Crippen molar-refractivity contribution in [3.63, 3.8) is 0 Å². The van der Waals surface area contributed by atoms with E-state index in [9.17, 15) is 4.79 Å². The Kier molecular flexibility index (Phi) is 6.15. The first-order valence-corrected chi connectivity index (χ1v) is 11.3. The smallest absolute Gasteiger partial charge is 0.407 e. The summed E-state index contributed by atoms with van der Waals surface area (Å²) in [5, 5.41) is 2.95. The van der Waals surface area contributed by atoms with Gasteiger partial charge < -0.3 is 10.1 Å². The van der Waals surface area contributed by atoms with Crippen LogP contribution in [-0.4, -0.2) is 24.5 Å². The van der Waals surface area contributed by atoms with Crippen LogP contribution >= 0.6 is 0 Å². The Bertz CT molecular complexity index is 783. The van der Waals surface area contributed by atoms with Gasteiger partial charge in [0.05, 0.1) is 10.9 Å². The van der Waals surface area contributed by atoms with Gasteiger partial charge in [-0.2, -0.15) is 0 Å². The van der Waals surface area contributed by atoms with Crippen LogP contribution in [0.5, 0.6) is 0 Å². The second kappa shape index (κ2) is 8.39. The zero-order chi connectivity index (χ0) is 19.4. The van der Waals surface area contributed by atoms with Crippen LogP contribution in [0.4, 0.5) is 4.79 Å². The molecule has 0 radical (unpaired) electrons. The minimum atomic E-state index is -0.460. The monoisotopic (exact) mass is 384 g/mol. The largest absolute Gasteiger partial charge is 0.444 e. The number of carbonyl (C=O) groups excluding carboxylic acids is 1. The molecule has 2 atom stereocenters. The molecule has 2 aromatic rings. The van der Waals surface area contributed by atoms with E-state index in [4.69, 9.17) is 4.74 Å². The van der Waals surface area contributed by atoms with Crippen LogP contribution in [0.2, 0.25) is 0 Å². The molecule has 3 rings (SSSR count). The lowest BCUT2D eigenvalue weighted by Gasteiger charge is -2.27. The zero-order valence-electron chi connectivity index (χ0n) is 16.7. The van der Waals surface area contributed by atoms with Gasteiger partial charge in [-0.3, -0.25) is 0 Å².